The Hall–Kier alpha value is -1.79. The first-order valence-corrected chi connectivity index (χ1v) is 9.44. The van der Waals surface area contributed by atoms with Crippen LogP contribution in [-0.2, 0) is 19.1 Å². The van der Waals surface area contributed by atoms with Gasteiger partial charge in [-0.15, -0.1) is 11.3 Å². The first-order chi connectivity index (χ1) is 11.9. The Morgan fingerprint density at radius 2 is 2.24 bits per heavy atom. The Kier molecular flexibility index (Phi) is 4.93. The minimum Gasteiger partial charge on any atom is -0.460 e. The second-order valence-electron chi connectivity index (χ2n) is 6.20. The predicted octanol–water partition coefficient (Wildman–Crippen LogP) is 3.86. The van der Waals surface area contributed by atoms with Gasteiger partial charge in [-0.05, 0) is 39.1 Å². The van der Waals surface area contributed by atoms with Gasteiger partial charge in [-0.25, -0.2) is 9.59 Å². The van der Waals surface area contributed by atoms with Crippen molar-refractivity contribution in [3.8, 4) is 0 Å². The number of hydrogen-bond acceptors (Lipinski definition) is 6. The number of carbonyl (C=O) groups excluding carboxylic acids is 2. The van der Waals surface area contributed by atoms with Gasteiger partial charge in [0.25, 0.3) is 0 Å². The number of cyclic esters (lactones) is 1. The summed E-state index contributed by atoms with van der Waals surface area (Å²) in [5, 5.41) is 2.39. The van der Waals surface area contributed by atoms with Crippen LogP contribution in [0.1, 0.15) is 38.5 Å². The minimum atomic E-state index is -0.549. The van der Waals surface area contributed by atoms with Crippen LogP contribution in [0.25, 0.3) is 0 Å². The van der Waals surface area contributed by atoms with Crippen LogP contribution >= 0.6 is 22.9 Å². The van der Waals surface area contributed by atoms with Crippen molar-refractivity contribution in [1.29, 1.82) is 0 Å². The van der Waals surface area contributed by atoms with Crippen LogP contribution < -0.4 is 0 Å². The number of nitrogens with zero attached hydrogens (tertiary/aromatic N) is 1. The van der Waals surface area contributed by atoms with E-state index in [0.29, 0.717) is 22.7 Å². The molecule has 1 unspecified atom stereocenters. The normalized spacial score (nSPS) is 20.3. The lowest BCUT2D eigenvalue weighted by molar-refractivity contribution is -0.143. The van der Waals surface area contributed by atoms with E-state index < -0.39 is 17.9 Å². The molecule has 0 radical (unpaired) electrons. The summed E-state index contributed by atoms with van der Waals surface area (Å²) in [5.41, 5.74) is 2.53. The van der Waals surface area contributed by atoms with Crippen LogP contribution in [0.2, 0.25) is 5.02 Å². The summed E-state index contributed by atoms with van der Waals surface area (Å²) in [7, 11) is 0. The van der Waals surface area contributed by atoms with Crippen molar-refractivity contribution >= 4 is 34.9 Å². The van der Waals surface area contributed by atoms with Crippen molar-refractivity contribution in [2.45, 2.75) is 39.7 Å². The fourth-order valence-corrected chi connectivity index (χ4v) is 4.64. The Morgan fingerprint density at radius 3 is 2.80 bits per heavy atom. The van der Waals surface area contributed by atoms with E-state index in [1.165, 1.54) is 11.3 Å². The predicted molar refractivity (Wildman–Crippen MR) is 96.4 cm³/mol. The lowest BCUT2D eigenvalue weighted by Gasteiger charge is -2.35. The maximum atomic E-state index is 12.9. The molecule has 3 rings (SSSR count). The van der Waals surface area contributed by atoms with Gasteiger partial charge in [0.1, 0.15) is 6.61 Å². The summed E-state index contributed by atoms with van der Waals surface area (Å²) < 4.78 is 10.8. The molecule has 2 aliphatic rings. The Morgan fingerprint density at radius 1 is 1.52 bits per heavy atom. The monoisotopic (exact) mass is 381 g/mol. The molecule has 0 saturated heterocycles. The number of thiophene rings is 1. The standard InChI is InChI=1S/C18H20ClNO4S/c1-5-20-10(4)13(18(22)24-9(2)3)15(16-11(19)6-7-25-16)14-12(20)8-23-17(14)21/h6-7,9,15H,5,8H2,1-4H3. The van der Waals surface area contributed by atoms with E-state index in [-0.39, 0.29) is 12.7 Å². The Bertz CT molecular complexity index is 793. The number of likely N-dealkylation sites (N-methyl/N-ethyl adjacent to an activating group) is 1. The molecule has 3 heterocycles. The molecule has 0 amide bonds. The van der Waals surface area contributed by atoms with Gasteiger partial charge in [0.2, 0.25) is 0 Å². The topological polar surface area (TPSA) is 55.8 Å². The number of ether oxygens (including phenoxy) is 2. The summed E-state index contributed by atoms with van der Waals surface area (Å²) in [6.07, 6.45) is -0.256. The molecular formula is C18H20ClNO4S. The first-order valence-electron chi connectivity index (χ1n) is 8.19. The SMILES string of the molecule is CCN1C(C)=C(C(=O)OC(C)C)C(c2sccc2Cl)C2=C1COC2=O. The number of carbonyl (C=O) groups is 2. The Balaban J connectivity index is 2.21. The maximum absolute atomic E-state index is 12.9. The van der Waals surface area contributed by atoms with Crippen LogP contribution in [0.3, 0.4) is 0 Å². The highest BCUT2D eigenvalue weighted by Crippen LogP contribution is 2.48. The summed E-state index contributed by atoms with van der Waals surface area (Å²) >= 11 is 7.78. The van der Waals surface area contributed by atoms with E-state index in [0.717, 1.165) is 16.3 Å². The highest BCUT2D eigenvalue weighted by atomic mass is 35.5. The van der Waals surface area contributed by atoms with E-state index >= 15 is 0 Å². The van der Waals surface area contributed by atoms with Crippen LogP contribution in [0.5, 0.6) is 0 Å². The van der Waals surface area contributed by atoms with E-state index in [4.69, 9.17) is 21.1 Å². The molecule has 0 fully saturated rings. The average molecular weight is 382 g/mol. The molecule has 0 N–H and O–H groups in total. The summed E-state index contributed by atoms with van der Waals surface area (Å²) in [6, 6.07) is 1.77. The zero-order valence-electron chi connectivity index (χ0n) is 14.6. The first kappa shape index (κ1) is 18.0. The number of halogens is 1. The molecule has 0 bridgehead atoms. The van der Waals surface area contributed by atoms with E-state index in [2.05, 4.69) is 0 Å². The quantitative estimate of drug-likeness (QED) is 0.741. The molecule has 0 spiro atoms. The van der Waals surface area contributed by atoms with Gasteiger partial charge in [0.15, 0.2) is 0 Å². The van der Waals surface area contributed by atoms with Crippen LogP contribution in [0.4, 0.5) is 0 Å². The second-order valence-corrected chi connectivity index (χ2v) is 7.55. The molecule has 7 heteroatoms. The molecule has 2 aliphatic heterocycles. The van der Waals surface area contributed by atoms with E-state index in [9.17, 15) is 9.59 Å². The second kappa shape index (κ2) is 6.84. The lowest BCUT2D eigenvalue weighted by Crippen LogP contribution is -2.34. The van der Waals surface area contributed by atoms with Gasteiger partial charge < -0.3 is 14.4 Å². The highest BCUT2D eigenvalue weighted by Gasteiger charge is 2.45. The molecule has 0 aliphatic carbocycles. The third-order valence-electron chi connectivity index (χ3n) is 4.35. The molecule has 1 atom stereocenters. The smallest absolute Gasteiger partial charge is 0.337 e. The molecule has 1 aromatic rings. The number of rotatable bonds is 4. The summed E-state index contributed by atoms with van der Waals surface area (Å²) in [4.78, 5) is 28.1. The number of hydrogen-bond donors (Lipinski definition) is 0. The van der Waals surface area contributed by atoms with Gasteiger partial charge in [-0.1, -0.05) is 11.6 Å². The van der Waals surface area contributed by atoms with Gasteiger partial charge in [-0.3, -0.25) is 0 Å². The number of esters is 2. The van der Waals surface area contributed by atoms with E-state index in [1.807, 2.05) is 24.1 Å². The maximum Gasteiger partial charge on any atom is 0.337 e. The zero-order chi connectivity index (χ0) is 18.3. The van der Waals surface area contributed by atoms with Crippen molar-refractivity contribution in [1.82, 2.24) is 4.90 Å². The molecular weight excluding hydrogens is 362 g/mol. The van der Waals surface area contributed by atoms with Gasteiger partial charge in [0, 0.05) is 17.1 Å². The van der Waals surface area contributed by atoms with Crippen molar-refractivity contribution in [3.63, 3.8) is 0 Å². The zero-order valence-corrected chi connectivity index (χ0v) is 16.2. The molecule has 134 valence electrons. The highest BCUT2D eigenvalue weighted by molar-refractivity contribution is 7.10. The van der Waals surface area contributed by atoms with E-state index in [1.54, 1.807) is 19.9 Å². The number of allylic oxidation sites excluding steroid dienone is 1. The van der Waals surface area contributed by atoms with Crippen LogP contribution in [0, 0.1) is 0 Å². The van der Waals surface area contributed by atoms with Gasteiger partial charge >= 0.3 is 11.9 Å². The minimum absolute atomic E-state index is 0.214. The van der Waals surface area contributed by atoms with Crippen molar-refractivity contribution < 1.29 is 19.1 Å². The van der Waals surface area contributed by atoms with Crippen molar-refractivity contribution in [2.24, 2.45) is 0 Å². The molecule has 1 aromatic heterocycles. The fraction of sp³-hybridized carbons (Fsp3) is 0.444. The largest absolute Gasteiger partial charge is 0.460 e. The molecule has 25 heavy (non-hydrogen) atoms. The fourth-order valence-electron chi connectivity index (χ4n) is 3.36. The summed E-state index contributed by atoms with van der Waals surface area (Å²) in [5.74, 6) is -1.37. The lowest BCUT2D eigenvalue weighted by atomic mass is 9.84. The van der Waals surface area contributed by atoms with Crippen LogP contribution in [-0.4, -0.2) is 36.1 Å². The Labute approximate surface area is 155 Å². The van der Waals surface area contributed by atoms with Crippen molar-refractivity contribution in [2.75, 3.05) is 13.2 Å². The third kappa shape index (κ3) is 2.98. The third-order valence-corrected chi connectivity index (χ3v) is 5.78. The van der Waals surface area contributed by atoms with Gasteiger partial charge in [-0.2, -0.15) is 0 Å². The summed E-state index contributed by atoms with van der Waals surface area (Å²) in [6.45, 7) is 8.30. The van der Waals surface area contributed by atoms with Gasteiger partial charge in [0.05, 0.1) is 33.9 Å². The molecule has 0 saturated carbocycles. The molecule has 0 aromatic carbocycles. The van der Waals surface area contributed by atoms with Crippen LogP contribution in [0.15, 0.2) is 34.0 Å². The van der Waals surface area contributed by atoms with Crippen molar-refractivity contribution in [3.05, 3.63) is 43.9 Å². The average Bonchev–Trinajstić information content (AvgIpc) is 3.12. The molecule has 5 nitrogen and oxygen atoms in total.